The Hall–Kier alpha value is -1.63. The first-order valence-corrected chi connectivity index (χ1v) is 6.50. The van der Waals surface area contributed by atoms with Crippen LogP contribution in [0.25, 0.3) is 0 Å². The molecule has 0 saturated carbocycles. The molecule has 110 valence electrons. The van der Waals surface area contributed by atoms with Crippen LogP contribution < -0.4 is 5.32 Å². The highest BCUT2D eigenvalue weighted by atomic mass is 79.9. The minimum Gasteiger partial charge on any atom is -0.465 e. The minimum absolute atomic E-state index is 0.0338. The average Bonchev–Trinajstić information content (AvgIpc) is 2.30. The van der Waals surface area contributed by atoms with E-state index in [2.05, 4.69) is 26.0 Å². The molecular formula is C13H15BrFNO4. The summed E-state index contributed by atoms with van der Waals surface area (Å²) >= 11 is 2.97. The number of rotatable bonds is 2. The minimum atomic E-state index is -0.837. The maximum atomic E-state index is 13.7. The molecule has 0 saturated heterocycles. The molecular weight excluding hydrogens is 333 g/mol. The molecule has 5 nitrogen and oxygen atoms in total. The Kier molecular flexibility index (Phi) is 5.10. The number of halogens is 2. The van der Waals surface area contributed by atoms with Crippen molar-refractivity contribution in [2.75, 3.05) is 12.4 Å². The molecule has 1 aromatic carbocycles. The van der Waals surface area contributed by atoms with E-state index in [9.17, 15) is 14.0 Å². The summed E-state index contributed by atoms with van der Waals surface area (Å²) in [5.41, 5.74) is -0.729. The molecule has 1 rings (SSSR count). The predicted octanol–water partition coefficient (Wildman–Crippen LogP) is 3.72. The third-order valence-electron chi connectivity index (χ3n) is 2.08. The van der Waals surface area contributed by atoms with Crippen LogP contribution in [0.15, 0.2) is 16.6 Å². The molecule has 0 aliphatic carbocycles. The van der Waals surface area contributed by atoms with Gasteiger partial charge in [-0.3, -0.25) is 5.32 Å². The first-order chi connectivity index (χ1) is 9.14. The van der Waals surface area contributed by atoms with E-state index >= 15 is 0 Å². The van der Waals surface area contributed by atoms with Gasteiger partial charge < -0.3 is 9.47 Å². The zero-order valence-corrected chi connectivity index (χ0v) is 13.1. The van der Waals surface area contributed by atoms with E-state index in [4.69, 9.17) is 4.74 Å². The smallest absolute Gasteiger partial charge is 0.412 e. The Labute approximate surface area is 124 Å². The average molecular weight is 348 g/mol. The van der Waals surface area contributed by atoms with Gasteiger partial charge in [-0.1, -0.05) is 0 Å². The number of carbonyl (C=O) groups is 2. The fourth-order valence-corrected chi connectivity index (χ4v) is 1.80. The second kappa shape index (κ2) is 6.21. The lowest BCUT2D eigenvalue weighted by atomic mass is 10.2. The number of hydrogen-bond donors (Lipinski definition) is 1. The summed E-state index contributed by atoms with van der Waals surface area (Å²) in [6.45, 7) is 5.15. The molecule has 0 fully saturated rings. The summed E-state index contributed by atoms with van der Waals surface area (Å²) in [4.78, 5) is 23.0. The van der Waals surface area contributed by atoms with E-state index in [0.29, 0.717) is 0 Å². The molecule has 0 heterocycles. The molecule has 0 atom stereocenters. The van der Waals surface area contributed by atoms with Crippen LogP contribution in [-0.4, -0.2) is 24.8 Å². The summed E-state index contributed by atoms with van der Waals surface area (Å²) in [5, 5.41) is 2.42. The Morgan fingerprint density at radius 1 is 1.30 bits per heavy atom. The van der Waals surface area contributed by atoms with Crippen LogP contribution in [-0.2, 0) is 9.47 Å². The van der Waals surface area contributed by atoms with E-state index in [1.54, 1.807) is 20.8 Å². The molecule has 0 aromatic heterocycles. The Bertz CT molecular complexity index is 540. The van der Waals surface area contributed by atoms with Crippen LogP contribution in [0.3, 0.4) is 0 Å². The highest BCUT2D eigenvalue weighted by Gasteiger charge is 2.20. The van der Waals surface area contributed by atoms with E-state index in [0.717, 1.165) is 7.11 Å². The lowest BCUT2D eigenvalue weighted by Gasteiger charge is -2.20. The highest BCUT2D eigenvalue weighted by molar-refractivity contribution is 9.10. The second-order valence-electron chi connectivity index (χ2n) is 4.94. The number of ether oxygens (including phenoxy) is 2. The fourth-order valence-electron chi connectivity index (χ4n) is 1.34. The number of benzene rings is 1. The number of hydrogen-bond acceptors (Lipinski definition) is 4. The third-order valence-corrected chi connectivity index (χ3v) is 2.66. The van der Waals surface area contributed by atoms with Crippen molar-refractivity contribution in [1.82, 2.24) is 0 Å². The molecule has 0 spiro atoms. The van der Waals surface area contributed by atoms with Crippen molar-refractivity contribution in [1.29, 1.82) is 0 Å². The quantitative estimate of drug-likeness (QED) is 0.828. The lowest BCUT2D eigenvalue weighted by Crippen LogP contribution is -2.27. The molecule has 1 aromatic rings. The van der Waals surface area contributed by atoms with Crippen LogP contribution >= 0.6 is 15.9 Å². The van der Waals surface area contributed by atoms with E-state index in [1.807, 2.05) is 0 Å². The van der Waals surface area contributed by atoms with Crippen molar-refractivity contribution in [3.63, 3.8) is 0 Å². The summed E-state index contributed by atoms with van der Waals surface area (Å²) in [6.07, 6.45) is -0.702. The Balaban J connectivity index is 3.00. The standard InChI is InChI=1S/C13H15BrFNO4/c1-13(2,3)20-12(18)16-7-5-8(11(17)19-4)10(15)9(14)6-7/h5-6H,1-4H3,(H,16,18). The molecule has 1 N–H and O–H groups in total. The van der Waals surface area contributed by atoms with Gasteiger partial charge in [0.05, 0.1) is 17.1 Å². The van der Waals surface area contributed by atoms with E-state index in [-0.39, 0.29) is 15.7 Å². The zero-order chi connectivity index (χ0) is 15.5. The van der Waals surface area contributed by atoms with Gasteiger partial charge in [0.15, 0.2) is 5.82 Å². The summed E-state index contributed by atoms with van der Waals surface area (Å²) in [5.74, 6) is -1.59. The van der Waals surface area contributed by atoms with Crippen molar-refractivity contribution in [3.8, 4) is 0 Å². The van der Waals surface area contributed by atoms with Crippen molar-refractivity contribution in [3.05, 3.63) is 28.0 Å². The lowest BCUT2D eigenvalue weighted by molar-refractivity contribution is 0.0591. The number of esters is 1. The Morgan fingerprint density at radius 2 is 1.90 bits per heavy atom. The molecule has 1 amide bonds. The van der Waals surface area contributed by atoms with Gasteiger partial charge in [-0.15, -0.1) is 0 Å². The summed E-state index contributed by atoms with van der Waals surface area (Å²) < 4.78 is 23.3. The number of carbonyl (C=O) groups excluding carboxylic acids is 2. The normalized spacial score (nSPS) is 10.9. The van der Waals surface area contributed by atoms with E-state index in [1.165, 1.54) is 12.1 Å². The molecule has 0 aliphatic heterocycles. The number of anilines is 1. The predicted molar refractivity (Wildman–Crippen MR) is 75.3 cm³/mol. The van der Waals surface area contributed by atoms with Gasteiger partial charge in [-0.05, 0) is 48.8 Å². The van der Waals surface area contributed by atoms with Gasteiger partial charge in [-0.25, -0.2) is 14.0 Å². The van der Waals surface area contributed by atoms with Crippen LogP contribution in [0.1, 0.15) is 31.1 Å². The van der Waals surface area contributed by atoms with Crippen molar-refractivity contribution in [2.24, 2.45) is 0 Å². The van der Waals surface area contributed by atoms with Crippen molar-refractivity contribution < 1.29 is 23.5 Å². The largest absolute Gasteiger partial charge is 0.465 e. The summed E-state index contributed by atoms with van der Waals surface area (Å²) in [6, 6.07) is 2.50. The van der Waals surface area contributed by atoms with Crippen LogP contribution in [0.4, 0.5) is 14.9 Å². The van der Waals surface area contributed by atoms with Crippen LogP contribution in [0.2, 0.25) is 0 Å². The first kappa shape index (κ1) is 16.4. The maximum Gasteiger partial charge on any atom is 0.412 e. The molecule has 0 unspecified atom stereocenters. The first-order valence-electron chi connectivity index (χ1n) is 5.71. The number of amides is 1. The second-order valence-corrected chi connectivity index (χ2v) is 5.79. The SMILES string of the molecule is COC(=O)c1cc(NC(=O)OC(C)(C)C)cc(Br)c1F. The van der Waals surface area contributed by atoms with E-state index < -0.39 is 23.5 Å². The fraction of sp³-hybridized carbons (Fsp3) is 0.385. The monoisotopic (exact) mass is 347 g/mol. The molecule has 20 heavy (non-hydrogen) atoms. The Morgan fingerprint density at radius 3 is 2.40 bits per heavy atom. The molecule has 0 aliphatic rings. The molecule has 0 bridgehead atoms. The van der Waals surface area contributed by atoms with Gasteiger partial charge in [0.2, 0.25) is 0 Å². The van der Waals surface area contributed by atoms with Crippen LogP contribution in [0, 0.1) is 5.82 Å². The van der Waals surface area contributed by atoms with Crippen molar-refractivity contribution >= 4 is 33.7 Å². The third kappa shape index (κ3) is 4.48. The molecule has 7 heteroatoms. The highest BCUT2D eigenvalue weighted by Crippen LogP contribution is 2.25. The maximum absolute atomic E-state index is 13.7. The van der Waals surface area contributed by atoms with Gasteiger partial charge in [-0.2, -0.15) is 0 Å². The summed E-state index contributed by atoms with van der Waals surface area (Å²) in [7, 11) is 1.14. The van der Waals surface area contributed by atoms with Gasteiger partial charge in [0.25, 0.3) is 0 Å². The van der Waals surface area contributed by atoms with Crippen molar-refractivity contribution in [2.45, 2.75) is 26.4 Å². The topological polar surface area (TPSA) is 64.6 Å². The van der Waals surface area contributed by atoms with Gasteiger partial charge >= 0.3 is 12.1 Å². The van der Waals surface area contributed by atoms with Crippen LogP contribution in [0.5, 0.6) is 0 Å². The zero-order valence-electron chi connectivity index (χ0n) is 11.5. The van der Waals surface area contributed by atoms with Gasteiger partial charge in [0.1, 0.15) is 5.60 Å². The number of nitrogens with one attached hydrogen (secondary N) is 1. The van der Waals surface area contributed by atoms with Gasteiger partial charge in [0, 0.05) is 5.69 Å². The molecule has 0 radical (unpaired) electrons. The number of methoxy groups -OCH3 is 1.